The van der Waals surface area contributed by atoms with Gasteiger partial charge in [0.15, 0.2) is 0 Å². The Morgan fingerprint density at radius 1 is 1.44 bits per heavy atom. The molecule has 5 nitrogen and oxygen atoms in total. The summed E-state index contributed by atoms with van der Waals surface area (Å²) in [6, 6.07) is 0.555. The summed E-state index contributed by atoms with van der Waals surface area (Å²) >= 11 is 0. The van der Waals surface area contributed by atoms with E-state index in [1.165, 1.54) is 0 Å². The lowest BCUT2D eigenvalue weighted by Gasteiger charge is -2.32. The molecule has 0 radical (unpaired) electrons. The molecule has 2 rings (SSSR count). The Morgan fingerprint density at radius 3 is 2.83 bits per heavy atom. The minimum atomic E-state index is 0.160. The standard InChI is InChI=1S/C13H25N3O2/c1-2-16-6-3-11(4-7-16)15-13(17)9-12-10-18-8-5-14-12/h11-12,14H,2-10H2,1H3,(H,15,17). The average Bonchev–Trinajstić information content (AvgIpc) is 2.40. The molecule has 2 aliphatic rings. The Labute approximate surface area is 109 Å². The zero-order valence-corrected chi connectivity index (χ0v) is 11.3. The molecular weight excluding hydrogens is 230 g/mol. The van der Waals surface area contributed by atoms with Gasteiger partial charge in [-0.1, -0.05) is 6.92 Å². The predicted molar refractivity (Wildman–Crippen MR) is 70.5 cm³/mol. The minimum absolute atomic E-state index is 0.160. The molecule has 2 saturated heterocycles. The van der Waals surface area contributed by atoms with Crippen molar-refractivity contribution >= 4 is 5.91 Å². The fourth-order valence-corrected chi connectivity index (χ4v) is 2.65. The smallest absolute Gasteiger partial charge is 0.221 e. The van der Waals surface area contributed by atoms with Crippen molar-refractivity contribution in [3.05, 3.63) is 0 Å². The van der Waals surface area contributed by atoms with Gasteiger partial charge in [-0.15, -0.1) is 0 Å². The SMILES string of the molecule is CCN1CCC(NC(=O)CC2COCCN2)CC1. The molecule has 104 valence electrons. The van der Waals surface area contributed by atoms with E-state index in [0.29, 0.717) is 19.1 Å². The number of ether oxygens (including phenoxy) is 1. The molecule has 0 aromatic heterocycles. The molecule has 0 aromatic rings. The molecule has 2 N–H and O–H groups in total. The largest absolute Gasteiger partial charge is 0.378 e. The van der Waals surface area contributed by atoms with Crippen LogP contribution in [0, 0.1) is 0 Å². The van der Waals surface area contributed by atoms with Gasteiger partial charge < -0.3 is 20.3 Å². The molecule has 2 aliphatic heterocycles. The highest BCUT2D eigenvalue weighted by atomic mass is 16.5. The molecule has 5 heteroatoms. The van der Waals surface area contributed by atoms with E-state index in [4.69, 9.17) is 4.74 Å². The summed E-state index contributed by atoms with van der Waals surface area (Å²) in [5.74, 6) is 0.160. The first-order chi connectivity index (χ1) is 8.78. The summed E-state index contributed by atoms with van der Waals surface area (Å²) in [7, 11) is 0. The lowest BCUT2D eigenvalue weighted by Crippen LogP contribution is -2.48. The first-order valence-electron chi connectivity index (χ1n) is 7.10. The number of hydrogen-bond acceptors (Lipinski definition) is 4. The number of piperidine rings is 1. The third-order valence-corrected chi connectivity index (χ3v) is 3.83. The summed E-state index contributed by atoms with van der Waals surface area (Å²) in [4.78, 5) is 14.3. The van der Waals surface area contributed by atoms with Crippen molar-refractivity contribution in [2.75, 3.05) is 39.4 Å². The summed E-state index contributed by atoms with van der Waals surface area (Å²) < 4.78 is 5.35. The highest BCUT2D eigenvalue weighted by Crippen LogP contribution is 2.10. The zero-order chi connectivity index (χ0) is 12.8. The maximum Gasteiger partial charge on any atom is 0.221 e. The maximum absolute atomic E-state index is 11.9. The van der Waals surface area contributed by atoms with Gasteiger partial charge in [-0.05, 0) is 19.4 Å². The van der Waals surface area contributed by atoms with Crippen LogP contribution in [0.3, 0.4) is 0 Å². The second kappa shape index (κ2) is 7.07. The summed E-state index contributed by atoms with van der Waals surface area (Å²) in [6.45, 7) is 7.78. The van der Waals surface area contributed by atoms with Gasteiger partial charge in [0, 0.05) is 38.1 Å². The van der Waals surface area contributed by atoms with E-state index < -0.39 is 0 Å². The van der Waals surface area contributed by atoms with Crippen molar-refractivity contribution < 1.29 is 9.53 Å². The highest BCUT2D eigenvalue weighted by molar-refractivity contribution is 5.76. The van der Waals surface area contributed by atoms with Gasteiger partial charge in [-0.25, -0.2) is 0 Å². The number of carbonyl (C=O) groups is 1. The molecule has 1 amide bonds. The molecule has 1 atom stereocenters. The van der Waals surface area contributed by atoms with E-state index in [2.05, 4.69) is 22.5 Å². The number of rotatable bonds is 4. The first kappa shape index (κ1) is 13.8. The third kappa shape index (κ3) is 4.23. The molecule has 1 unspecified atom stereocenters. The van der Waals surface area contributed by atoms with Gasteiger partial charge in [-0.2, -0.15) is 0 Å². The van der Waals surface area contributed by atoms with E-state index in [-0.39, 0.29) is 11.9 Å². The number of carbonyl (C=O) groups excluding carboxylic acids is 1. The fourth-order valence-electron chi connectivity index (χ4n) is 2.65. The Kier molecular flexibility index (Phi) is 5.41. The number of nitrogens with zero attached hydrogens (tertiary/aromatic N) is 1. The highest BCUT2D eigenvalue weighted by Gasteiger charge is 2.22. The van der Waals surface area contributed by atoms with Crippen LogP contribution in [0.25, 0.3) is 0 Å². The van der Waals surface area contributed by atoms with Gasteiger partial charge in [0.05, 0.1) is 13.2 Å². The monoisotopic (exact) mass is 255 g/mol. The van der Waals surface area contributed by atoms with Crippen LogP contribution in [0.1, 0.15) is 26.2 Å². The molecule has 0 aromatic carbocycles. The third-order valence-electron chi connectivity index (χ3n) is 3.83. The van der Waals surface area contributed by atoms with Crippen molar-refractivity contribution in [2.45, 2.75) is 38.3 Å². The number of hydrogen-bond donors (Lipinski definition) is 2. The second-order valence-electron chi connectivity index (χ2n) is 5.21. The van der Waals surface area contributed by atoms with Crippen LogP contribution in [0.15, 0.2) is 0 Å². The van der Waals surface area contributed by atoms with Gasteiger partial charge in [0.2, 0.25) is 5.91 Å². The Balaban J connectivity index is 1.65. The van der Waals surface area contributed by atoms with Gasteiger partial charge in [0.25, 0.3) is 0 Å². The van der Waals surface area contributed by atoms with E-state index in [9.17, 15) is 4.79 Å². The Morgan fingerprint density at radius 2 is 2.22 bits per heavy atom. The van der Waals surface area contributed by atoms with Crippen LogP contribution in [-0.4, -0.2) is 62.3 Å². The van der Waals surface area contributed by atoms with E-state index in [1.54, 1.807) is 0 Å². The number of nitrogens with one attached hydrogen (secondary N) is 2. The molecular formula is C13H25N3O2. The first-order valence-corrected chi connectivity index (χ1v) is 7.10. The van der Waals surface area contributed by atoms with E-state index in [0.717, 1.165) is 45.6 Å². The van der Waals surface area contributed by atoms with Crippen molar-refractivity contribution in [2.24, 2.45) is 0 Å². The normalized spacial score (nSPS) is 27.1. The molecule has 2 heterocycles. The summed E-state index contributed by atoms with van der Waals surface area (Å²) in [5, 5.41) is 6.46. The van der Waals surface area contributed by atoms with Crippen molar-refractivity contribution in [3.8, 4) is 0 Å². The van der Waals surface area contributed by atoms with Crippen molar-refractivity contribution in [1.82, 2.24) is 15.5 Å². The summed E-state index contributed by atoms with van der Waals surface area (Å²) in [5.41, 5.74) is 0. The van der Waals surface area contributed by atoms with Gasteiger partial charge >= 0.3 is 0 Å². The van der Waals surface area contributed by atoms with Crippen LogP contribution in [0.5, 0.6) is 0 Å². The fraction of sp³-hybridized carbons (Fsp3) is 0.923. The molecule has 0 spiro atoms. The predicted octanol–water partition coefficient (Wildman–Crippen LogP) is -0.0346. The molecule has 0 bridgehead atoms. The molecule has 18 heavy (non-hydrogen) atoms. The number of likely N-dealkylation sites (tertiary alicyclic amines) is 1. The topological polar surface area (TPSA) is 53.6 Å². The average molecular weight is 255 g/mol. The molecule has 2 fully saturated rings. The minimum Gasteiger partial charge on any atom is -0.378 e. The van der Waals surface area contributed by atoms with E-state index in [1.807, 2.05) is 0 Å². The zero-order valence-electron chi connectivity index (χ0n) is 11.3. The van der Waals surface area contributed by atoms with Gasteiger partial charge in [0.1, 0.15) is 0 Å². The van der Waals surface area contributed by atoms with Crippen molar-refractivity contribution in [1.29, 1.82) is 0 Å². The van der Waals surface area contributed by atoms with Crippen LogP contribution < -0.4 is 10.6 Å². The van der Waals surface area contributed by atoms with Gasteiger partial charge in [-0.3, -0.25) is 4.79 Å². The molecule has 0 saturated carbocycles. The lowest BCUT2D eigenvalue weighted by molar-refractivity contribution is -0.123. The summed E-state index contributed by atoms with van der Waals surface area (Å²) in [6.07, 6.45) is 2.69. The van der Waals surface area contributed by atoms with Crippen LogP contribution in [0.4, 0.5) is 0 Å². The quantitative estimate of drug-likeness (QED) is 0.740. The Bertz CT molecular complexity index is 259. The lowest BCUT2D eigenvalue weighted by atomic mass is 10.0. The number of morpholine rings is 1. The van der Waals surface area contributed by atoms with Crippen LogP contribution in [0.2, 0.25) is 0 Å². The van der Waals surface area contributed by atoms with Crippen LogP contribution in [-0.2, 0) is 9.53 Å². The Hall–Kier alpha value is -0.650. The number of amides is 1. The maximum atomic E-state index is 11.9. The van der Waals surface area contributed by atoms with Crippen LogP contribution >= 0.6 is 0 Å². The second-order valence-corrected chi connectivity index (χ2v) is 5.21. The van der Waals surface area contributed by atoms with E-state index >= 15 is 0 Å². The van der Waals surface area contributed by atoms with Crippen molar-refractivity contribution in [3.63, 3.8) is 0 Å². The molecule has 0 aliphatic carbocycles.